The molecule has 5 nitrogen and oxygen atoms in total. The summed E-state index contributed by atoms with van der Waals surface area (Å²) in [7, 11) is 0. The van der Waals surface area contributed by atoms with Gasteiger partial charge in [0.1, 0.15) is 5.56 Å². The van der Waals surface area contributed by atoms with Crippen LogP contribution < -0.4 is 10.9 Å². The first-order chi connectivity index (χ1) is 10.5. The van der Waals surface area contributed by atoms with Gasteiger partial charge in [-0.25, -0.2) is 4.98 Å². The number of anilines is 1. The fourth-order valence-electron chi connectivity index (χ4n) is 2.37. The number of carbonyl (C=O) groups is 1. The summed E-state index contributed by atoms with van der Waals surface area (Å²) in [5.41, 5.74) is 3.12. The van der Waals surface area contributed by atoms with Gasteiger partial charge in [0.2, 0.25) is 0 Å². The van der Waals surface area contributed by atoms with Crippen molar-refractivity contribution in [3.63, 3.8) is 0 Å². The minimum atomic E-state index is -0.435. The van der Waals surface area contributed by atoms with Crippen LogP contribution in [0.3, 0.4) is 0 Å². The largest absolute Gasteiger partial charge is 0.321 e. The van der Waals surface area contributed by atoms with Gasteiger partial charge in [0.25, 0.3) is 11.5 Å². The molecule has 2 aromatic heterocycles. The molecular formula is C16H15N3O2S. The number of amides is 1. The van der Waals surface area contributed by atoms with Gasteiger partial charge in [-0.1, -0.05) is 18.2 Å². The Morgan fingerprint density at radius 1 is 1.23 bits per heavy atom. The summed E-state index contributed by atoms with van der Waals surface area (Å²) in [4.78, 5) is 29.7. The van der Waals surface area contributed by atoms with Crippen LogP contribution in [0, 0.1) is 20.8 Å². The molecule has 2 heterocycles. The Morgan fingerprint density at radius 3 is 2.59 bits per heavy atom. The van der Waals surface area contributed by atoms with Gasteiger partial charge in [0.05, 0.1) is 0 Å². The maximum Gasteiger partial charge on any atom is 0.271 e. The van der Waals surface area contributed by atoms with Crippen molar-refractivity contribution in [3.8, 4) is 0 Å². The maximum atomic E-state index is 12.5. The molecule has 0 unspecified atom stereocenters. The van der Waals surface area contributed by atoms with Crippen molar-refractivity contribution in [2.45, 2.75) is 20.8 Å². The second kappa shape index (κ2) is 5.38. The Hall–Kier alpha value is -2.47. The molecule has 0 atom stereocenters. The Balaban J connectivity index is 2.05. The van der Waals surface area contributed by atoms with Gasteiger partial charge in [-0.2, -0.15) is 0 Å². The van der Waals surface area contributed by atoms with Crippen LogP contribution in [0.5, 0.6) is 0 Å². The van der Waals surface area contributed by atoms with Gasteiger partial charge in [-0.3, -0.25) is 14.0 Å². The molecule has 112 valence electrons. The first-order valence-corrected chi connectivity index (χ1v) is 7.70. The van der Waals surface area contributed by atoms with Crippen molar-refractivity contribution in [1.29, 1.82) is 0 Å². The first-order valence-electron chi connectivity index (χ1n) is 6.82. The second-order valence-corrected chi connectivity index (χ2v) is 6.03. The van der Waals surface area contributed by atoms with Crippen LogP contribution in [0.25, 0.3) is 4.96 Å². The lowest BCUT2D eigenvalue weighted by atomic mass is 10.1. The van der Waals surface area contributed by atoms with Crippen molar-refractivity contribution in [3.05, 3.63) is 62.5 Å². The molecule has 1 amide bonds. The van der Waals surface area contributed by atoms with E-state index in [1.807, 2.05) is 44.4 Å². The lowest BCUT2D eigenvalue weighted by Gasteiger charge is -2.11. The molecule has 0 bridgehead atoms. The summed E-state index contributed by atoms with van der Waals surface area (Å²) in [6.45, 7) is 5.65. The van der Waals surface area contributed by atoms with E-state index < -0.39 is 5.91 Å². The average Bonchev–Trinajstić information content (AvgIpc) is 2.85. The number of nitrogens with zero attached hydrogens (tertiary/aromatic N) is 2. The number of benzene rings is 1. The van der Waals surface area contributed by atoms with Gasteiger partial charge in [0, 0.05) is 23.0 Å². The molecule has 0 fully saturated rings. The van der Waals surface area contributed by atoms with Gasteiger partial charge >= 0.3 is 0 Å². The van der Waals surface area contributed by atoms with Crippen LogP contribution in [0.4, 0.5) is 5.69 Å². The van der Waals surface area contributed by atoms with Crippen LogP contribution in [0.15, 0.2) is 34.6 Å². The zero-order valence-corrected chi connectivity index (χ0v) is 13.3. The normalized spacial score (nSPS) is 10.9. The molecule has 1 aromatic carbocycles. The highest BCUT2D eigenvalue weighted by Crippen LogP contribution is 2.20. The van der Waals surface area contributed by atoms with Crippen LogP contribution in [0.2, 0.25) is 0 Å². The molecule has 1 N–H and O–H groups in total. The van der Waals surface area contributed by atoms with E-state index in [0.717, 1.165) is 22.5 Å². The molecule has 0 spiro atoms. The van der Waals surface area contributed by atoms with Crippen molar-refractivity contribution in [2.75, 3.05) is 5.32 Å². The number of thiazole rings is 1. The minimum absolute atomic E-state index is 0.0432. The lowest BCUT2D eigenvalue weighted by Crippen LogP contribution is -2.27. The van der Waals surface area contributed by atoms with E-state index in [0.29, 0.717) is 4.96 Å². The van der Waals surface area contributed by atoms with Crippen molar-refractivity contribution in [2.24, 2.45) is 0 Å². The highest BCUT2D eigenvalue weighted by Gasteiger charge is 2.16. The van der Waals surface area contributed by atoms with E-state index in [9.17, 15) is 9.59 Å². The third-order valence-electron chi connectivity index (χ3n) is 3.58. The SMILES string of the molecule is Cc1cccc(C)c1NC(=O)c1cnc2scc(C)n2c1=O. The fraction of sp³-hybridized carbons (Fsp3) is 0.188. The molecule has 0 radical (unpaired) electrons. The van der Waals surface area contributed by atoms with Gasteiger partial charge < -0.3 is 5.32 Å². The zero-order valence-electron chi connectivity index (χ0n) is 12.5. The quantitative estimate of drug-likeness (QED) is 0.791. The van der Waals surface area contributed by atoms with Crippen LogP contribution in [0.1, 0.15) is 27.2 Å². The van der Waals surface area contributed by atoms with E-state index in [1.165, 1.54) is 21.9 Å². The molecule has 0 aliphatic heterocycles. The van der Waals surface area contributed by atoms with Crippen LogP contribution in [-0.2, 0) is 0 Å². The molecule has 3 aromatic rings. The standard InChI is InChI=1S/C16H15N3O2S/c1-9-5-4-6-10(2)13(9)18-14(20)12-7-17-16-19(15(12)21)11(3)8-22-16/h4-8H,1-3H3,(H,18,20). The summed E-state index contributed by atoms with van der Waals surface area (Å²) in [5, 5.41) is 4.67. The smallest absolute Gasteiger partial charge is 0.271 e. The number of rotatable bonds is 2. The number of carbonyl (C=O) groups excluding carboxylic acids is 1. The Labute approximate surface area is 131 Å². The molecule has 0 aliphatic carbocycles. The molecular weight excluding hydrogens is 298 g/mol. The number of fused-ring (bicyclic) bond motifs is 1. The third-order valence-corrected chi connectivity index (χ3v) is 4.54. The Morgan fingerprint density at radius 2 is 1.91 bits per heavy atom. The van der Waals surface area contributed by atoms with E-state index in [2.05, 4.69) is 10.3 Å². The first kappa shape index (κ1) is 14.5. The van der Waals surface area contributed by atoms with Crippen LogP contribution >= 0.6 is 11.3 Å². The van der Waals surface area contributed by atoms with E-state index in [1.54, 1.807) is 0 Å². The van der Waals surface area contributed by atoms with E-state index >= 15 is 0 Å². The monoisotopic (exact) mass is 313 g/mol. The number of hydrogen-bond acceptors (Lipinski definition) is 4. The van der Waals surface area contributed by atoms with Crippen molar-refractivity contribution in [1.82, 2.24) is 9.38 Å². The summed E-state index contributed by atoms with van der Waals surface area (Å²) < 4.78 is 1.46. The topological polar surface area (TPSA) is 63.5 Å². The summed E-state index contributed by atoms with van der Waals surface area (Å²) in [6.07, 6.45) is 1.34. The lowest BCUT2D eigenvalue weighted by molar-refractivity contribution is 0.102. The molecule has 22 heavy (non-hydrogen) atoms. The average molecular weight is 313 g/mol. The third kappa shape index (κ3) is 2.31. The number of aryl methyl sites for hydroxylation is 3. The van der Waals surface area contributed by atoms with Gasteiger partial charge in [-0.05, 0) is 31.9 Å². The van der Waals surface area contributed by atoms with E-state index in [-0.39, 0.29) is 11.1 Å². The van der Waals surface area contributed by atoms with Gasteiger partial charge in [0.15, 0.2) is 4.96 Å². The minimum Gasteiger partial charge on any atom is -0.321 e. The zero-order chi connectivity index (χ0) is 15.9. The maximum absolute atomic E-state index is 12.5. The van der Waals surface area contributed by atoms with Crippen molar-refractivity contribution >= 4 is 27.9 Å². The molecule has 3 rings (SSSR count). The highest BCUT2D eigenvalue weighted by atomic mass is 32.1. The highest BCUT2D eigenvalue weighted by molar-refractivity contribution is 7.15. The summed E-state index contributed by atoms with van der Waals surface area (Å²) in [5.74, 6) is -0.435. The Kier molecular flexibility index (Phi) is 3.54. The summed E-state index contributed by atoms with van der Waals surface area (Å²) >= 11 is 1.38. The van der Waals surface area contributed by atoms with Crippen LogP contribution in [-0.4, -0.2) is 15.3 Å². The molecule has 0 saturated heterocycles. The van der Waals surface area contributed by atoms with Gasteiger partial charge in [-0.15, -0.1) is 11.3 Å². The predicted molar refractivity (Wildman–Crippen MR) is 87.9 cm³/mol. The molecule has 6 heteroatoms. The number of hydrogen-bond donors (Lipinski definition) is 1. The van der Waals surface area contributed by atoms with E-state index in [4.69, 9.17) is 0 Å². The second-order valence-electron chi connectivity index (χ2n) is 5.19. The molecule has 0 saturated carbocycles. The fourth-order valence-corrected chi connectivity index (χ4v) is 3.20. The number of nitrogens with one attached hydrogen (secondary N) is 1. The number of aromatic nitrogens is 2. The Bertz CT molecular complexity index is 920. The number of para-hydroxylation sites is 1. The summed E-state index contributed by atoms with van der Waals surface area (Å²) in [6, 6.07) is 5.76. The predicted octanol–water partition coefficient (Wildman–Crippen LogP) is 2.93. The van der Waals surface area contributed by atoms with Crippen molar-refractivity contribution < 1.29 is 4.79 Å². The molecule has 0 aliphatic rings.